The largest absolute Gasteiger partial charge is 0.298 e. The molecule has 0 amide bonds. The van der Waals surface area contributed by atoms with Crippen molar-refractivity contribution >= 4 is 90.5 Å². The Morgan fingerprint density at radius 1 is 0.613 bits per heavy atom. The van der Waals surface area contributed by atoms with Crippen LogP contribution in [0.5, 0.6) is 0 Å². The molecule has 0 aliphatic rings. The molecule has 0 unspecified atom stereocenters. The summed E-state index contributed by atoms with van der Waals surface area (Å²) in [5, 5.41) is 7.62. The van der Waals surface area contributed by atoms with Gasteiger partial charge < -0.3 is 0 Å². The third-order valence-electron chi connectivity index (χ3n) is 6.29. The maximum Gasteiger partial charge on any atom is 0.146 e. The van der Waals surface area contributed by atoms with Crippen LogP contribution in [-0.4, -0.2) is 14.4 Å². The van der Waals surface area contributed by atoms with Crippen LogP contribution < -0.4 is 0 Å². The Morgan fingerprint density at radius 2 is 1.29 bits per heavy atom. The Balaban J connectivity index is 1.88. The fourth-order valence-electron chi connectivity index (χ4n) is 5.06. The summed E-state index contributed by atoms with van der Waals surface area (Å²) in [4.78, 5) is 9.61. The number of pyridine rings is 2. The highest BCUT2D eigenvalue weighted by Gasteiger charge is 2.22. The molecule has 0 atom stereocenters. The zero-order valence-corrected chi connectivity index (χ0v) is 17.8. The van der Waals surface area contributed by atoms with Crippen LogP contribution in [0.4, 0.5) is 0 Å². The average molecular weight is 432 g/mol. The first kappa shape index (κ1) is 16.2. The monoisotopic (exact) mass is 431 g/mol. The van der Waals surface area contributed by atoms with Gasteiger partial charge in [0.05, 0.1) is 11.0 Å². The SMILES string of the molecule is c1ccc2c(c1)sc1c2c2sc3ccccc3c2c2c1c1ncccc1c1nccn12. The summed E-state index contributed by atoms with van der Waals surface area (Å²) in [5.41, 5.74) is 3.21. The highest BCUT2D eigenvalue weighted by Crippen LogP contribution is 2.50. The molecule has 5 aromatic heterocycles. The number of aromatic nitrogens is 3. The van der Waals surface area contributed by atoms with Gasteiger partial charge in [-0.1, -0.05) is 36.4 Å². The van der Waals surface area contributed by atoms with Crippen molar-refractivity contribution in [1.82, 2.24) is 14.4 Å². The number of nitrogens with zero attached hydrogens (tertiary/aromatic N) is 3. The number of benzene rings is 3. The van der Waals surface area contributed by atoms with Crippen molar-refractivity contribution < 1.29 is 0 Å². The van der Waals surface area contributed by atoms with Crippen molar-refractivity contribution in [3.63, 3.8) is 0 Å². The van der Waals surface area contributed by atoms with Gasteiger partial charge in [0.1, 0.15) is 5.65 Å². The first-order chi connectivity index (χ1) is 15.4. The van der Waals surface area contributed by atoms with E-state index in [4.69, 9.17) is 9.97 Å². The lowest BCUT2D eigenvalue weighted by Gasteiger charge is -2.11. The van der Waals surface area contributed by atoms with Crippen LogP contribution >= 0.6 is 22.7 Å². The zero-order valence-electron chi connectivity index (χ0n) is 16.2. The van der Waals surface area contributed by atoms with Gasteiger partial charge in [-0.05, 0) is 24.3 Å². The number of fused-ring (bicyclic) bond motifs is 15. The Bertz CT molecular complexity index is 2010. The second kappa shape index (κ2) is 5.58. The van der Waals surface area contributed by atoms with Gasteiger partial charge in [-0.15, -0.1) is 22.7 Å². The summed E-state index contributed by atoms with van der Waals surface area (Å²) in [6.07, 6.45) is 5.89. The van der Waals surface area contributed by atoms with Crippen molar-refractivity contribution in [2.45, 2.75) is 0 Å². The smallest absolute Gasteiger partial charge is 0.146 e. The lowest BCUT2D eigenvalue weighted by molar-refractivity contribution is 1.28. The Hall–Kier alpha value is -3.54. The number of imidazole rings is 1. The fraction of sp³-hybridized carbons (Fsp3) is 0. The molecule has 8 aromatic rings. The first-order valence-corrected chi connectivity index (χ1v) is 11.8. The molecule has 0 spiro atoms. The lowest BCUT2D eigenvalue weighted by Crippen LogP contribution is -1.93. The van der Waals surface area contributed by atoms with E-state index >= 15 is 0 Å². The third-order valence-corrected chi connectivity index (χ3v) is 8.66. The standard InChI is InChI=1S/C26H13N3S2/c1-3-9-17-14(6-1)19-23-21(22-16(8-5-11-27-22)26-28-12-13-29(23)26)25-20(24(19)30-17)15-7-2-4-10-18(15)31-25/h1-13H. The third kappa shape index (κ3) is 1.89. The van der Waals surface area contributed by atoms with E-state index in [-0.39, 0.29) is 0 Å². The maximum atomic E-state index is 4.89. The highest BCUT2D eigenvalue weighted by atomic mass is 32.1. The second-order valence-electron chi connectivity index (χ2n) is 7.85. The molecule has 3 aromatic carbocycles. The minimum atomic E-state index is 0.965. The molecule has 0 fully saturated rings. The van der Waals surface area contributed by atoms with Crippen LogP contribution in [-0.2, 0) is 0 Å². The van der Waals surface area contributed by atoms with E-state index in [0.29, 0.717) is 0 Å². The molecule has 5 heterocycles. The molecular weight excluding hydrogens is 418 g/mol. The topological polar surface area (TPSA) is 30.2 Å². The second-order valence-corrected chi connectivity index (χ2v) is 9.95. The predicted molar refractivity (Wildman–Crippen MR) is 134 cm³/mol. The molecule has 0 saturated carbocycles. The summed E-state index contributed by atoms with van der Waals surface area (Å²) in [7, 11) is 0. The number of hydrogen-bond acceptors (Lipinski definition) is 4. The van der Waals surface area contributed by atoms with Crippen molar-refractivity contribution in [2.75, 3.05) is 0 Å². The Morgan fingerprint density at radius 3 is 2.10 bits per heavy atom. The van der Waals surface area contributed by atoms with E-state index in [1.54, 1.807) is 0 Å². The van der Waals surface area contributed by atoms with Crippen LogP contribution in [0.2, 0.25) is 0 Å². The van der Waals surface area contributed by atoms with Crippen molar-refractivity contribution in [2.24, 2.45) is 0 Å². The van der Waals surface area contributed by atoms with Crippen LogP contribution in [0.15, 0.2) is 79.3 Å². The van der Waals surface area contributed by atoms with E-state index in [9.17, 15) is 0 Å². The molecule has 0 bridgehead atoms. The molecule has 8 rings (SSSR count). The highest BCUT2D eigenvalue weighted by molar-refractivity contribution is 7.30. The van der Waals surface area contributed by atoms with E-state index in [1.807, 2.05) is 41.1 Å². The lowest BCUT2D eigenvalue weighted by atomic mass is 10.0. The quantitative estimate of drug-likeness (QED) is 0.230. The van der Waals surface area contributed by atoms with E-state index < -0.39 is 0 Å². The molecule has 3 nitrogen and oxygen atoms in total. The van der Waals surface area contributed by atoms with Gasteiger partial charge in [0.2, 0.25) is 0 Å². The molecule has 31 heavy (non-hydrogen) atoms. The normalized spacial score (nSPS) is 12.5. The molecule has 144 valence electrons. The molecule has 0 aliphatic heterocycles. The number of thiophene rings is 2. The predicted octanol–water partition coefficient (Wildman–Crippen LogP) is 7.77. The van der Waals surface area contributed by atoms with E-state index in [2.05, 4.69) is 65.2 Å². The summed E-state index contributed by atoms with van der Waals surface area (Å²) in [6.45, 7) is 0. The van der Waals surface area contributed by atoms with Gasteiger partial charge in [-0.25, -0.2) is 4.98 Å². The van der Waals surface area contributed by atoms with E-state index in [1.165, 1.54) is 51.2 Å². The number of hydrogen-bond donors (Lipinski definition) is 0. The number of rotatable bonds is 0. The Labute approximate surface area is 183 Å². The fourth-order valence-corrected chi connectivity index (χ4v) is 7.65. The van der Waals surface area contributed by atoms with Crippen LogP contribution in [0.1, 0.15) is 0 Å². The molecule has 0 aliphatic carbocycles. The van der Waals surface area contributed by atoms with E-state index in [0.717, 1.165) is 16.6 Å². The van der Waals surface area contributed by atoms with Gasteiger partial charge in [0.25, 0.3) is 0 Å². The van der Waals surface area contributed by atoms with Gasteiger partial charge >= 0.3 is 0 Å². The molecular formula is C26H13N3S2. The zero-order chi connectivity index (χ0) is 20.1. The van der Waals surface area contributed by atoms with Crippen molar-refractivity contribution in [3.8, 4) is 0 Å². The summed E-state index contributed by atoms with van der Waals surface area (Å²) < 4.78 is 7.57. The summed E-state index contributed by atoms with van der Waals surface area (Å²) >= 11 is 3.77. The molecule has 0 saturated heterocycles. The van der Waals surface area contributed by atoms with Crippen molar-refractivity contribution in [1.29, 1.82) is 0 Å². The Kier molecular flexibility index (Phi) is 2.91. The van der Waals surface area contributed by atoms with Gasteiger partial charge in [-0.2, -0.15) is 0 Å². The van der Waals surface area contributed by atoms with Crippen LogP contribution in [0, 0.1) is 0 Å². The average Bonchev–Trinajstić information content (AvgIpc) is 3.53. The van der Waals surface area contributed by atoms with Gasteiger partial charge in [-0.3, -0.25) is 9.38 Å². The van der Waals surface area contributed by atoms with Crippen molar-refractivity contribution in [3.05, 3.63) is 79.3 Å². The van der Waals surface area contributed by atoms with Crippen LogP contribution in [0.25, 0.3) is 67.8 Å². The van der Waals surface area contributed by atoms with Gasteiger partial charge in [0, 0.05) is 69.7 Å². The molecule has 0 radical (unpaired) electrons. The maximum absolute atomic E-state index is 4.89. The van der Waals surface area contributed by atoms with Crippen LogP contribution in [0.3, 0.4) is 0 Å². The minimum Gasteiger partial charge on any atom is -0.298 e. The first-order valence-electron chi connectivity index (χ1n) is 10.2. The molecule has 5 heteroatoms. The summed E-state index contributed by atoms with van der Waals surface area (Å²) in [6, 6.07) is 21.7. The van der Waals surface area contributed by atoms with Gasteiger partial charge in [0.15, 0.2) is 0 Å². The molecule has 0 N–H and O–H groups in total. The summed E-state index contributed by atoms with van der Waals surface area (Å²) in [5.74, 6) is 0. The minimum absolute atomic E-state index is 0.965.